The fourth-order valence-corrected chi connectivity index (χ4v) is 6.64. The van der Waals surface area contributed by atoms with Crippen LogP contribution in [0.3, 0.4) is 0 Å². The molecule has 0 aliphatic carbocycles. The zero-order valence-electron chi connectivity index (χ0n) is 23.8. The number of oxime groups is 1. The number of nitrogens with zero attached hydrogens (tertiary/aromatic N) is 4. The summed E-state index contributed by atoms with van der Waals surface area (Å²) >= 11 is 0. The average Bonchev–Trinajstić information content (AvgIpc) is 3.80. The Balaban J connectivity index is 1.35. The van der Waals surface area contributed by atoms with Gasteiger partial charge in [-0.05, 0) is 66.4 Å². The summed E-state index contributed by atoms with van der Waals surface area (Å²) in [6.45, 7) is 3.38. The summed E-state index contributed by atoms with van der Waals surface area (Å²) in [5.41, 5.74) is 5.72. The monoisotopic (exact) mass is 580 g/mol. The lowest BCUT2D eigenvalue weighted by Gasteiger charge is -2.43. The maximum atomic E-state index is 11.4. The van der Waals surface area contributed by atoms with Crippen LogP contribution < -0.4 is 4.74 Å². The minimum Gasteiger partial charge on any atom is -0.504 e. The molecule has 0 saturated carbocycles. The maximum absolute atomic E-state index is 11.4. The van der Waals surface area contributed by atoms with Crippen LogP contribution in [0.25, 0.3) is 0 Å². The first kappa shape index (κ1) is 27.2. The van der Waals surface area contributed by atoms with Crippen molar-refractivity contribution in [2.75, 3.05) is 20.2 Å². The topological polar surface area (TPSA) is 114 Å². The van der Waals surface area contributed by atoms with Crippen LogP contribution in [0.4, 0.5) is 5.88 Å². The minimum absolute atomic E-state index is 0.0362. The van der Waals surface area contributed by atoms with Crippen LogP contribution in [-0.2, 0) is 17.9 Å². The van der Waals surface area contributed by atoms with E-state index in [2.05, 4.69) is 39.2 Å². The predicted molar refractivity (Wildman–Crippen MR) is 159 cm³/mol. The van der Waals surface area contributed by atoms with Gasteiger partial charge in [0.25, 0.3) is 0 Å². The normalized spacial score (nSPS) is 21.6. The van der Waals surface area contributed by atoms with Gasteiger partial charge in [-0.25, -0.2) is 4.90 Å². The van der Waals surface area contributed by atoms with Crippen molar-refractivity contribution in [2.45, 2.75) is 44.1 Å². The summed E-state index contributed by atoms with van der Waals surface area (Å²) in [7, 11) is 1.53. The molecule has 0 radical (unpaired) electrons. The minimum atomic E-state index is -0.561. The number of aromatic hydroxyl groups is 1. The van der Waals surface area contributed by atoms with Gasteiger partial charge in [-0.15, -0.1) is 0 Å². The first-order valence-corrected chi connectivity index (χ1v) is 14.5. The van der Waals surface area contributed by atoms with E-state index >= 15 is 0 Å². The van der Waals surface area contributed by atoms with Crippen molar-refractivity contribution < 1.29 is 24.0 Å². The molecule has 1 saturated heterocycles. The van der Waals surface area contributed by atoms with Gasteiger partial charge in [0.15, 0.2) is 17.7 Å². The Hall–Kier alpha value is -4.67. The van der Waals surface area contributed by atoms with Crippen LogP contribution in [0.5, 0.6) is 11.5 Å². The number of methoxy groups -OCH3 is 1. The second-order valence-electron chi connectivity index (χ2n) is 11.3. The van der Waals surface area contributed by atoms with Crippen LogP contribution in [0.15, 0.2) is 88.4 Å². The lowest BCUT2D eigenvalue weighted by atomic mass is 9.77. The molecule has 0 bridgehead atoms. The Morgan fingerprint density at radius 3 is 2.47 bits per heavy atom. The summed E-state index contributed by atoms with van der Waals surface area (Å²) in [6, 6.07) is 24.7. The van der Waals surface area contributed by atoms with E-state index in [4.69, 9.17) is 14.0 Å². The molecular formula is C33H32N4O6. The second-order valence-corrected chi connectivity index (χ2v) is 11.3. The van der Waals surface area contributed by atoms with Crippen LogP contribution in [0.1, 0.15) is 58.4 Å². The first-order chi connectivity index (χ1) is 21.0. The summed E-state index contributed by atoms with van der Waals surface area (Å²) in [5.74, 6) is 0.177. The largest absolute Gasteiger partial charge is 0.504 e. The van der Waals surface area contributed by atoms with Crippen molar-refractivity contribution in [1.29, 1.82) is 0 Å². The highest BCUT2D eigenvalue weighted by Crippen LogP contribution is 2.51. The Labute approximate surface area is 248 Å². The molecule has 0 spiro atoms. The van der Waals surface area contributed by atoms with Gasteiger partial charge in [-0.1, -0.05) is 59.8 Å². The molecule has 3 aromatic carbocycles. The molecule has 1 aromatic heterocycles. The Morgan fingerprint density at radius 2 is 1.77 bits per heavy atom. The molecule has 43 heavy (non-hydrogen) atoms. The number of hydrogen-bond donors (Lipinski definition) is 1. The maximum Gasteiger partial charge on any atom is 0.433 e. The van der Waals surface area contributed by atoms with Gasteiger partial charge < -0.3 is 19.1 Å². The second kappa shape index (κ2) is 11.2. The third-order valence-electron chi connectivity index (χ3n) is 8.65. The van der Waals surface area contributed by atoms with Crippen molar-refractivity contribution >= 4 is 11.6 Å². The van der Waals surface area contributed by atoms with Crippen molar-refractivity contribution in [3.05, 3.63) is 123 Å². The van der Waals surface area contributed by atoms with E-state index in [9.17, 15) is 15.2 Å². The third kappa shape index (κ3) is 5.02. The number of rotatable bonds is 8. The number of fused-ring (bicyclic) bond motifs is 3. The Bertz CT molecular complexity index is 1660. The smallest absolute Gasteiger partial charge is 0.433 e. The molecule has 10 nitrogen and oxygen atoms in total. The van der Waals surface area contributed by atoms with E-state index in [-0.39, 0.29) is 30.1 Å². The van der Waals surface area contributed by atoms with E-state index < -0.39 is 11.2 Å². The van der Waals surface area contributed by atoms with E-state index in [1.807, 2.05) is 36.4 Å². The number of furan rings is 1. The van der Waals surface area contributed by atoms with Crippen molar-refractivity contribution in [3.63, 3.8) is 0 Å². The van der Waals surface area contributed by atoms with Crippen LogP contribution in [-0.4, -0.2) is 52.0 Å². The number of nitro groups is 1. The highest BCUT2D eigenvalue weighted by molar-refractivity contribution is 6.06. The molecule has 1 N–H and O–H groups in total. The molecule has 0 amide bonds. The zero-order chi connectivity index (χ0) is 29.5. The van der Waals surface area contributed by atoms with Gasteiger partial charge in [0.2, 0.25) is 0 Å². The predicted octanol–water partition coefficient (Wildman–Crippen LogP) is 5.95. The van der Waals surface area contributed by atoms with Crippen molar-refractivity contribution in [3.8, 4) is 11.5 Å². The molecule has 4 aromatic rings. The lowest BCUT2D eigenvalue weighted by molar-refractivity contribution is -0.402. The molecule has 3 atom stereocenters. The molecule has 0 unspecified atom stereocenters. The molecule has 3 aliphatic heterocycles. The first-order valence-electron chi connectivity index (χ1n) is 14.5. The number of likely N-dealkylation sites (tertiary alicyclic amines) is 1. The summed E-state index contributed by atoms with van der Waals surface area (Å²) in [4.78, 5) is 21.7. The van der Waals surface area contributed by atoms with E-state index in [1.165, 1.54) is 31.6 Å². The molecular weight excluding hydrogens is 548 g/mol. The number of ether oxygens (including phenoxy) is 1. The van der Waals surface area contributed by atoms with Gasteiger partial charge in [0.05, 0.1) is 37.4 Å². The molecule has 4 heterocycles. The summed E-state index contributed by atoms with van der Waals surface area (Å²) in [6.07, 6.45) is 1.91. The summed E-state index contributed by atoms with van der Waals surface area (Å²) in [5, 5.41) is 26.9. The highest BCUT2D eigenvalue weighted by Gasteiger charge is 2.49. The van der Waals surface area contributed by atoms with E-state index in [1.54, 1.807) is 12.1 Å². The molecule has 3 aliphatic rings. The zero-order valence-corrected chi connectivity index (χ0v) is 23.8. The quantitative estimate of drug-likeness (QED) is 0.201. The van der Waals surface area contributed by atoms with Crippen LogP contribution in [0.2, 0.25) is 0 Å². The van der Waals surface area contributed by atoms with Crippen molar-refractivity contribution in [2.24, 2.45) is 5.16 Å². The molecule has 220 valence electrons. The van der Waals surface area contributed by atoms with Crippen LogP contribution in [0, 0.1) is 10.1 Å². The SMILES string of the molecule is COc1cc2c(cc1O)[C@H]1C(c3ccccc3)=NO[C@H]1N(Cc1ccc([N+](=O)[O-])o1)[C@@H]2c1ccc(CN2CCCC2)cc1. The van der Waals surface area contributed by atoms with E-state index in [0.717, 1.165) is 47.6 Å². The number of hydrogen-bond acceptors (Lipinski definition) is 9. The molecule has 10 heteroatoms. The highest BCUT2D eigenvalue weighted by atomic mass is 16.7. The van der Waals surface area contributed by atoms with E-state index in [0.29, 0.717) is 11.5 Å². The van der Waals surface area contributed by atoms with Gasteiger partial charge in [0.1, 0.15) is 10.7 Å². The van der Waals surface area contributed by atoms with Gasteiger partial charge in [-0.3, -0.25) is 15.0 Å². The van der Waals surface area contributed by atoms with Crippen molar-refractivity contribution in [1.82, 2.24) is 9.80 Å². The molecule has 1 fully saturated rings. The Kier molecular flexibility index (Phi) is 7.08. The average molecular weight is 581 g/mol. The third-order valence-corrected chi connectivity index (χ3v) is 8.65. The summed E-state index contributed by atoms with van der Waals surface area (Å²) < 4.78 is 11.2. The van der Waals surface area contributed by atoms with Gasteiger partial charge in [0, 0.05) is 12.1 Å². The standard InChI is InChI=1S/C33H32N4O6/c1-41-28-18-26-25(17-27(28)38)30-31(22-7-3-2-4-8-22)34-43-33(30)36(20-24-13-14-29(42-24)37(39)40)32(26)23-11-9-21(10-12-23)19-35-15-5-6-16-35/h2-4,7-14,17-18,30,32-33,38H,5-6,15-16,19-20H2,1H3/t30-,32+,33+/m0/s1. The number of benzene rings is 3. The fraction of sp³-hybridized carbons (Fsp3) is 0.303. The fourth-order valence-electron chi connectivity index (χ4n) is 6.64. The van der Waals surface area contributed by atoms with Crippen LogP contribution >= 0.6 is 0 Å². The number of phenolic OH excluding ortho intramolecular Hbond substituents is 1. The lowest BCUT2D eigenvalue weighted by Crippen LogP contribution is -2.47. The number of phenols is 1. The van der Waals surface area contributed by atoms with Gasteiger partial charge >= 0.3 is 5.88 Å². The Morgan fingerprint density at radius 1 is 1.00 bits per heavy atom. The van der Waals surface area contributed by atoms with Gasteiger partial charge in [-0.2, -0.15) is 0 Å². The molecule has 7 rings (SSSR count).